The average Bonchev–Trinajstić information content (AvgIpc) is 2.03. The van der Waals surface area contributed by atoms with Crippen molar-refractivity contribution < 1.29 is 14.0 Å². The van der Waals surface area contributed by atoms with Crippen LogP contribution in [0.25, 0.3) is 0 Å². The molecule has 0 aromatic heterocycles. The number of rotatable bonds is 2. The Morgan fingerprint density at radius 2 is 2.17 bits per heavy atom. The van der Waals surface area contributed by atoms with Gasteiger partial charge in [-0.1, -0.05) is 15.9 Å². The molecule has 1 rings (SSSR count). The molecule has 1 aromatic rings. The zero-order chi connectivity index (χ0) is 9.14. The van der Waals surface area contributed by atoms with Crippen LogP contribution in [-0.2, 0) is 4.79 Å². The van der Waals surface area contributed by atoms with Crippen LogP contribution in [0.2, 0.25) is 0 Å². The zero-order valence-corrected chi connectivity index (χ0v) is 7.47. The summed E-state index contributed by atoms with van der Waals surface area (Å²) in [4.78, 5) is 20.7. The maximum absolute atomic E-state index is 12.9. The van der Waals surface area contributed by atoms with E-state index in [0.29, 0.717) is 4.47 Å². The van der Waals surface area contributed by atoms with Gasteiger partial charge in [-0.15, -0.1) is 0 Å². The number of hydrogen-bond donors (Lipinski definition) is 0. The second-order valence-corrected chi connectivity index (χ2v) is 3.02. The van der Waals surface area contributed by atoms with Crippen LogP contribution in [0.5, 0.6) is 0 Å². The molecule has 62 valence electrons. The Morgan fingerprint density at radius 1 is 1.50 bits per heavy atom. The van der Waals surface area contributed by atoms with Crippen LogP contribution in [0, 0.1) is 5.82 Å². The van der Waals surface area contributed by atoms with Gasteiger partial charge < -0.3 is 0 Å². The zero-order valence-electron chi connectivity index (χ0n) is 5.88. The molecular formula is C8H4BrFO2. The predicted octanol–water partition coefficient (Wildman–Crippen LogP) is 1.97. The molecule has 4 heteroatoms. The van der Waals surface area contributed by atoms with Gasteiger partial charge in [0.1, 0.15) is 5.82 Å². The van der Waals surface area contributed by atoms with Crippen LogP contribution in [0.15, 0.2) is 22.7 Å². The second kappa shape index (κ2) is 3.58. The summed E-state index contributed by atoms with van der Waals surface area (Å²) in [5.41, 5.74) is -0.201. The summed E-state index contributed by atoms with van der Waals surface area (Å²) < 4.78 is 13.4. The Bertz CT molecular complexity index is 336. The van der Waals surface area contributed by atoms with Gasteiger partial charge in [0.05, 0.1) is 5.56 Å². The number of halogens is 2. The standard InChI is InChI=1S/C8H4BrFO2/c9-5-1-2-6(7(10)3-5)8(12)4-11/h1-4H. The first-order valence-corrected chi connectivity index (χ1v) is 3.89. The number of benzene rings is 1. The molecule has 12 heavy (non-hydrogen) atoms. The van der Waals surface area contributed by atoms with E-state index in [2.05, 4.69) is 15.9 Å². The van der Waals surface area contributed by atoms with Gasteiger partial charge in [-0.05, 0) is 18.2 Å². The Morgan fingerprint density at radius 3 is 2.67 bits per heavy atom. The average molecular weight is 231 g/mol. The predicted molar refractivity (Wildman–Crippen MR) is 44.5 cm³/mol. The fourth-order valence-electron chi connectivity index (χ4n) is 0.753. The first-order chi connectivity index (χ1) is 5.65. The minimum Gasteiger partial charge on any atom is -0.294 e. The van der Waals surface area contributed by atoms with Crippen LogP contribution in [0.3, 0.4) is 0 Å². The van der Waals surface area contributed by atoms with Gasteiger partial charge in [0.15, 0.2) is 6.29 Å². The Hall–Kier alpha value is -1.03. The first kappa shape index (κ1) is 9.06. The smallest absolute Gasteiger partial charge is 0.228 e. The minimum absolute atomic E-state index is 0.0896. The number of ketones is 1. The largest absolute Gasteiger partial charge is 0.294 e. The molecule has 2 nitrogen and oxygen atoms in total. The van der Waals surface area contributed by atoms with Gasteiger partial charge in [0.25, 0.3) is 0 Å². The summed E-state index contributed by atoms with van der Waals surface area (Å²) in [6, 6.07) is 3.90. The molecule has 0 N–H and O–H groups in total. The lowest BCUT2D eigenvalue weighted by Crippen LogP contribution is -2.02. The third-order valence-electron chi connectivity index (χ3n) is 1.30. The molecule has 0 fully saturated rings. The van der Waals surface area contributed by atoms with Gasteiger partial charge >= 0.3 is 0 Å². The van der Waals surface area contributed by atoms with E-state index in [-0.39, 0.29) is 11.8 Å². The van der Waals surface area contributed by atoms with Crippen molar-refractivity contribution in [1.82, 2.24) is 0 Å². The fraction of sp³-hybridized carbons (Fsp3) is 0. The summed E-state index contributed by atoms with van der Waals surface area (Å²) in [6.45, 7) is 0. The van der Waals surface area contributed by atoms with Crippen molar-refractivity contribution in [2.24, 2.45) is 0 Å². The highest BCUT2D eigenvalue weighted by Gasteiger charge is 2.09. The van der Waals surface area contributed by atoms with Crippen molar-refractivity contribution in [2.75, 3.05) is 0 Å². The summed E-state index contributed by atoms with van der Waals surface area (Å²) in [5, 5.41) is 0. The van der Waals surface area contributed by atoms with Crippen LogP contribution in [-0.4, -0.2) is 12.1 Å². The van der Waals surface area contributed by atoms with E-state index in [0.717, 1.165) is 6.07 Å². The summed E-state index contributed by atoms with van der Waals surface area (Å²) in [5.74, 6) is -1.54. The van der Waals surface area contributed by atoms with Gasteiger partial charge in [0.2, 0.25) is 5.78 Å². The van der Waals surface area contributed by atoms with E-state index in [1.54, 1.807) is 0 Å². The molecule has 0 atom stereocenters. The Labute approximate surface area is 76.5 Å². The number of hydrogen-bond acceptors (Lipinski definition) is 2. The SMILES string of the molecule is O=CC(=O)c1ccc(Br)cc1F. The molecule has 0 unspecified atom stereocenters. The first-order valence-electron chi connectivity index (χ1n) is 3.09. The molecule has 1 aromatic carbocycles. The van der Waals surface area contributed by atoms with Gasteiger partial charge in [-0.25, -0.2) is 4.39 Å². The molecule has 0 heterocycles. The quantitative estimate of drug-likeness (QED) is 0.443. The Balaban J connectivity index is 3.18. The molecule has 0 aliphatic carbocycles. The maximum atomic E-state index is 12.9. The third kappa shape index (κ3) is 1.76. The van der Waals surface area contributed by atoms with E-state index >= 15 is 0 Å². The normalized spacial score (nSPS) is 9.50. The third-order valence-corrected chi connectivity index (χ3v) is 1.80. The maximum Gasteiger partial charge on any atom is 0.228 e. The fourth-order valence-corrected chi connectivity index (χ4v) is 1.09. The monoisotopic (exact) mass is 230 g/mol. The van der Waals surface area contributed by atoms with Crippen molar-refractivity contribution >= 4 is 28.0 Å². The number of aldehydes is 1. The summed E-state index contributed by atoms with van der Waals surface area (Å²) in [7, 11) is 0. The highest BCUT2D eigenvalue weighted by atomic mass is 79.9. The van der Waals surface area contributed by atoms with Crippen molar-refractivity contribution in [1.29, 1.82) is 0 Å². The van der Waals surface area contributed by atoms with Crippen LogP contribution < -0.4 is 0 Å². The lowest BCUT2D eigenvalue weighted by molar-refractivity contribution is -0.104. The van der Waals surface area contributed by atoms with E-state index in [9.17, 15) is 14.0 Å². The molecule has 0 spiro atoms. The molecule has 0 radical (unpaired) electrons. The minimum atomic E-state index is -0.847. The van der Waals surface area contributed by atoms with Gasteiger partial charge in [-0.3, -0.25) is 9.59 Å². The second-order valence-electron chi connectivity index (χ2n) is 2.11. The molecular weight excluding hydrogens is 227 g/mol. The molecule has 0 aliphatic rings. The lowest BCUT2D eigenvalue weighted by Gasteiger charge is -1.96. The number of Topliss-reactive ketones (excluding diaryl/α,β-unsaturated/α-hetero) is 1. The summed E-state index contributed by atoms with van der Waals surface area (Å²) in [6.07, 6.45) is 0.0896. The van der Waals surface area contributed by atoms with E-state index < -0.39 is 11.6 Å². The highest BCUT2D eigenvalue weighted by Crippen LogP contribution is 2.14. The van der Waals surface area contributed by atoms with Gasteiger partial charge in [0, 0.05) is 4.47 Å². The molecule has 0 amide bonds. The van der Waals surface area contributed by atoms with Crippen molar-refractivity contribution in [3.05, 3.63) is 34.1 Å². The Kier molecular flexibility index (Phi) is 2.70. The molecule has 0 bridgehead atoms. The molecule has 0 aliphatic heterocycles. The lowest BCUT2D eigenvalue weighted by atomic mass is 10.1. The van der Waals surface area contributed by atoms with Crippen molar-refractivity contribution in [3.8, 4) is 0 Å². The van der Waals surface area contributed by atoms with Crippen LogP contribution in [0.1, 0.15) is 10.4 Å². The molecule has 0 saturated carbocycles. The highest BCUT2D eigenvalue weighted by molar-refractivity contribution is 9.10. The topological polar surface area (TPSA) is 34.1 Å². The van der Waals surface area contributed by atoms with Crippen LogP contribution >= 0.6 is 15.9 Å². The number of carbonyl (C=O) groups excluding carboxylic acids is 2. The molecule has 0 saturated heterocycles. The van der Waals surface area contributed by atoms with Crippen molar-refractivity contribution in [2.45, 2.75) is 0 Å². The van der Waals surface area contributed by atoms with E-state index in [1.807, 2.05) is 0 Å². The van der Waals surface area contributed by atoms with E-state index in [1.165, 1.54) is 12.1 Å². The number of carbonyl (C=O) groups is 2. The van der Waals surface area contributed by atoms with E-state index in [4.69, 9.17) is 0 Å². The van der Waals surface area contributed by atoms with Gasteiger partial charge in [-0.2, -0.15) is 0 Å². The van der Waals surface area contributed by atoms with Crippen molar-refractivity contribution in [3.63, 3.8) is 0 Å². The van der Waals surface area contributed by atoms with Crippen LogP contribution in [0.4, 0.5) is 4.39 Å². The summed E-state index contributed by atoms with van der Waals surface area (Å²) >= 11 is 3.03.